The predicted molar refractivity (Wildman–Crippen MR) is 247 cm³/mol. The average molecular weight is 739 g/mol. The Balaban J connectivity index is 0.983. The largest absolute Gasteiger partial charge is 0.310 e. The van der Waals surface area contributed by atoms with Crippen LogP contribution in [0.3, 0.4) is 0 Å². The monoisotopic (exact) mass is 738 g/mol. The molecule has 58 heavy (non-hydrogen) atoms. The fraction of sp³-hybridized carbons (Fsp3) is 0. The number of nitrogens with zero attached hydrogens (tertiary/aromatic N) is 2. The van der Waals surface area contributed by atoms with Gasteiger partial charge in [0.2, 0.25) is 0 Å². The van der Waals surface area contributed by atoms with Gasteiger partial charge in [-0.05, 0) is 92.5 Å². The predicted octanol–water partition coefficient (Wildman–Crippen LogP) is 15.6. The fourth-order valence-corrected chi connectivity index (χ4v) is 8.83. The molecule has 0 spiro atoms. The molecule has 272 valence electrons. The maximum absolute atomic E-state index is 2.42. The van der Waals surface area contributed by atoms with Gasteiger partial charge in [0.15, 0.2) is 0 Å². The zero-order valence-electron chi connectivity index (χ0n) is 31.8. The second-order valence-corrected chi connectivity index (χ2v) is 14.9. The minimum atomic E-state index is 1.10. The van der Waals surface area contributed by atoms with Crippen LogP contribution in [0.15, 0.2) is 231 Å². The topological polar surface area (TPSA) is 8.17 Å². The Kier molecular flexibility index (Phi) is 8.19. The van der Waals surface area contributed by atoms with E-state index in [4.69, 9.17) is 0 Å². The van der Waals surface area contributed by atoms with Crippen molar-refractivity contribution in [1.82, 2.24) is 4.57 Å². The molecule has 0 saturated heterocycles. The molecule has 10 aromatic carbocycles. The minimum absolute atomic E-state index is 1.10. The summed E-state index contributed by atoms with van der Waals surface area (Å²) in [6.07, 6.45) is 0. The number of anilines is 3. The van der Waals surface area contributed by atoms with Gasteiger partial charge >= 0.3 is 0 Å². The van der Waals surface area contributed by atoms with Gasteiger partial charge < -0.3 is 9.47 Å². The van der Waals surface area contributed by atoms with E-state index in [1.165, 1.54) is 76.7 Å². The molecule has 0 amide bonds. The molecule has 0 fully saturated rings. The van der Waals surface area contributed by atoms with Crippen LogP contribution in [0, 0.1) is 0 Å². The number of rotatable bonds is 7. The van der Waals surface area contributed by atoms with Gasteiger partial charge in [-0.3, -0.25) is 0 Å². The van der Waals surface area contributed by atoms with Crippen molar-refractivity contribution >= 4 is 60.4 Å². The van der Waals surface area contributed by atoms with Gasteiger partial charge in [0.05, 0.1) is 16.7 Å². The lowest BCUT2D eigenvalue weighted by Gasteiger charge is -2.28. The van der Waals surface area contributed by atoms with E-state index in [0.717, 1.165) is 22.7 Å². The summed E-state index contributed by atoms with van der Waals surface area (Å²) in [5, 5.41) is 7.56. The number of aromatic nitrogens is 1. The molecule has 0 N–H and O–H groups in total. The highest BCUT2D eigenvalue weighted by Gasteiger charge is 2.19. The number of hydrogen-bond acceptors (Lipinski definition) is 1. The molecule has 0 unspecified atom stereocenters. The zero-order valence-corrected chi connectivity index (χ0v) is 31.8. The van der Waals surface area contributed by atoms with Crippen LogP contribution in [-0.2, 0) is 0 Å². The van der Waals surface area contributed by atoms with Gasteiger partial charge in [-0.1, -0.05) is 182 Å². The van der Waals surface area contributed by atoms with E-state index in [2.05, 4.69) is 240 Å². The van der Waals surface area contributed by atoms with E-state index >= 15 is 0 Å². The van der Waals surface area contributed by atoms with E-state index in [0.29, 0.717) is 0 Å². The molecular weight excluding hydrogens is 701 g/mol. The first-order valence-electron chi connectivity index (χ1n) is 19.9. The summed E-state index contributed by atoms with van der Waals surface area (Å²) in [4.78, 5) is 2.38. The minimum Gasteiger partial charge on any atom is -0.310 e. The van der Waals surface area contributed by atoms with E-state index in [1.807, 2.05) is 0 Å². The van der Waals surface area contributed by atoms with Crippen LogP contribution in [0.2, 0.25) is 0 Å². The van der Waals surface area contributed by atoms with Crippen LogP contribution >= 0.6 is 0 Å². The molecule has 1 heterocycles. The van der Waals surface area contributed by atoms with Crippen LogP contribution in [-0.4, -0.2) is 4.57 Å². The Morgan fingerprint density at radius 2 is 0.810 bits per heavy atom. The molecule has 0 aliphatic carbocycles. The average Bonchev–Trinajstić information content (AvgIpc) is 3.65. The van der Waals surface area contributed by atoms with Crippen LogP contribution in [0.1, 0.15) is 0 Å². The van der Waals surface area contributed by atoms with Crippen LogP contribution < -0.4 is 4.90 Å². The van der Waals surface area contributed by atoms with Gasteiger partial charge in [-0.15, -0.1) is 0 Å². The third-order valence-corrected chi connectivity index (χ3v) is 11.6. The van der Waals surface area contributed by atoms with E-state index < -0.39 is 0 Å². The maximum atomic E-state index is 2.42. The second-order valence-electron chi connectivity index (χ2n) is 14.9. The number of para-hydroxylation sites is 2. The van der Waals surface area contributed by atoms with Crippen molar-refractivity contribution in [2.75, 3.05) is 4.90 Å². The Labute approximate surface area is 338 Å². The van der Waals surface area contributed by atoms with Gasteiger partial charge in [0.25, 0.3) is 0 Å². The number of fused-ring (bicyclic) bond motifs is 6. The molecule has 11 rings (SSSR count). The molecule has 2 heteroatoms. The lowest BCUT2D eigenvalue weighted by Crippen LogP contribution is -2.11. The summed E-state index contributed by atoms with van der Waals surface area (Å²) in [5.41, 5.74) is 14.1. The first kappa shape index (κ1) is 33.6. The van der Waals surface area contributed by atoms with Crippen LogP contribution in [0.25, 0.3) is 82.4 Å². The summed E-state index contributed by atoms with van der Waals surface area (Å²) >= 11 is 0. The summed E-state index contributed by atoms with van der Waals surface area (Å²) in [6, 6.07) is 83.5. The molecule has 11 aromatic rings. The Hall–Kier alpha value is -7.68. The molecule has 0 atom stereocenters. The molecule has 0 aliphatic heterocycles. The SMILES string of the molecule is c1ccc(-c2ccccc2N(c2ccc(-c3ccc(-n4c5ccccc5c5ccc6ccccc6c54)cc3)cc2)c2ccc(-c3cccc4ccccc34)cc2)cc1. The van der Waals surface area contributed by atoms with Crippen LogP contribution in [0.5, 0.6) is 0 Å². The van der Waals surface area contributed by atoms with Crippen molar-refractivity contribution < 1.29 is 0 Å². The standard InChI is InChI=1S/C56H38N2/c1-2-13-42(14-3-1)50-19-8-10-23-54(50)57(46-36-29-44(30-37-46)49-22-12-17-41-15-4-6-18-48(41)49)45-32-25-39(26-33-45)40-27-34-47(35-28-40)58-55-24-11-9-21-52(55)53-38-31-43-16-5-7-20-51(43)56(53)58/h1-38H. The van der Waals surface area contributed by atoms with Crippen molar-refractivity contribution in [3.63, 3.8) is 0 Å². The molecular formula is C56H38N2. The molecule has 0 bridgehead atoms. The van der Waals surface area contributed by atoms with E-state index in [9.17, 15) is 0 Å². The van der Waals surface area contributed by atoms with Crippen molar-refractivity contribution in [2.45, 2.75) is 0 Å². The Bertz CT molecular complexity index is 3240. The quantitative estimate of drug-likeness (QED) is 0.158. The number of benzene rings is 10. The molecule has 0 radical (unpaired) electrons. The van der Waals surface area contributed by atoms with Crippen molar-refractivity contribution in [3.05, 3.63) is 231 Å². The third kappa shape index (κ3) is 5.74. The lowest BCUT2D eigenvalue weighted by molar-refractivity contribution is 1.19. The van der Waals surface area contributed by atoms with Gasteiger partial charge in [-0.2, -0.15) is 0 Å². The smallest absolute Gasteiger partial charge is 0.0619 e. The highest BCUT2D eigenvalue weighted by Crippen LogP contribution is 2.43. The lowest BCUT2D eigenvalue weighted by atomic mass is 9.97. The Morgan fingerprint density at radius 3 is 1.55 bits per heavy atom. The second kappa shape index (κ2) is 14.1. The molecule has 1 aromatic heterocycles. The summed E-state index contributed by atoms with van der Waals surface area (Å²) in [7, 11) is 0. The highest BCUT2D eigenvalue weighted by atomic mass is 15.1. The summed E-state index contributed by atoms with van der Waals surface area (Å²) in [6.45, 7) is 0. The zero-order chi connectivity index (χ0) is 38.4. The molecule has 2 nitrogen and oxygen atoms in total. The van der Waals surface area contributed by atoms with Gasteiger partial charge in [-0.25, -0.2) is 0 Å². The Morgan fingerprint density at radius 1 is 0.293 bits per heavy atom. The fourth-order valence-electron chi connectivity index (χ4n) is 8.83. The number of hydrogen-bond donors (Lipinski definition) is 0. The van der Waals surface area contributed by atoms with Gasteiger partial charge in [0, 0.05) is 38.8 Å². The molecule has 0 aliphatic rings. The maximum Gasteiger partial charge on any atom is 0.0619 e. The summed E-state index contributed by atoms with van der Waals surface area (Å²) < 4.78 is 2.42. The van der Waals surface area contributed by atoms with Crippen LogP contribution in [0.4, 0.5) is 17.1 Å². The third-order valence-electron chi connectivity index (χ3n) is 11.6. The normalized spacial score (nSPS) is 11.4. The van der Waals surface area contributed by atoms with E-state index in [1.54, 1.807) is 0 Å². The van der Waals surface area contributed by atoms with E-state index in [-0.39, 0.29) is 0 Å². The highest BCUT2D eigenvalue weighted by molar-refractivity contribution is 6.18. The molecule has 0 saturated carbocycles. The first-order valence-corrected chi connectivity index (χ1v) is 19.9. The van der Waals surface area contributed by atoms with Gasteiger partial charge in [0.1, 0.15) is 0 Å². The van der Waals surface area contributed by atoms with Crippen molar-refractivity contribution in [2.24, 2.45) is 0 Å². The first-order chi connectivity index (χ1) is 28.8. The van der Waals surface area contributed by atoms with Crippen molar-refractivity contribution in [1.29, 1.82) is 0 Å². The van der Waals surface area contributed by atoms with Crippen molar-refractivity contribution in [3.8, 4) is 39.1 Å². The summed E-state index contributed by atoms with van der Waals surface area (Å²) in [5.74, 6) is 0.